The summed E-state index contributed by atoms with van der Waals surface area (Å²) in [5.74, 6) is 1.69. The average Bonchev–Trinajstić information content (AvgIpc) is 3.35. The van der Waals surface area contributed by atoms with Crippen LogP contribution in [0.25, 0.3) is 11.0 Å². The molecule has 158 valence electrons. The molecule has 7 nitrogen and oxygen atoms in total. The number of aromatic amines is 1. The van der Waals surface area contributed by atoms with E-state index in [-0.39, 0.29) is 11.9 Å². The third-order valence-electron chi connectivity index (χ3n) is 6.44. The molecule has 3 aromatic rings. The average molecular weight is 408 g/mol. The van der Waals surface area contributed by atoms with Crippen LogP contribution in [0.15, 0.2) is 35.0 Å². The summed E-state index contributed by atoms with van der Waals surface area (Å²) in [6.07, 6.45) is 8.46. The van der Waals surface area contributed by atoms with Crippen molar-refractivity contribution in [3.8, 4) is 0 Å². The number of nitrogens with one attached hydrogen (secondary N) is 2. The lowest BCUT2D eigenvalue weighted by atomic mass is 9.89. The van der Waals surface area contributed by atoms with E-state index in [2.05, 4.69) is 33.4 Å². The summed E-state index contributed by atoms with van der Waals surface area (Å²) in [5, 5.41) is 7.85. The van der Waals surface area contributed by atoms with Gasteiger partial charge in [0.2, 0.25) is 0 Å². The monoisotopic (exact) mass is 407 g/mol. The van der Waals surface area contributed by atoms with Crippen LogP contribution in [0.5, 0.6) is 0 Å². The van der Waals surface area contributed by atoms with Crippen LogP contribution in [-0.4, -0.2) is 44.6 Å². The van der Waals surface area contributed by atoms with Crippen molar-refractivity contribution >= 4 is 16.9 Å². The summed E-state index contributed by atoms with van der Waals surface area (Å²) in [6, 6.07) is 8.42. The molecule has 0 bridgehead atoms. The summed E-state index contributed by atoms with van der Waals surface area (Å²) in [4.78, 5) is 22.8. The largest absolute Gasteiger partial charge is 0.361 e. The van der Waals surface area contributed by atoms with Crippen LogP contribution in [0.1, 0.15) is 73.3 Å². The van der Waals surface area contributed by atoms with Crippen molar-refractivity contribution in [1.29, 1.82) is 0 Å². The van der Waals surface area contributed by atoms with Crippen molar-refractivity contribution in [2.75, 3.05) is 6.54 Å². The summed E-state index contributed by atoms with van der Waals surface area (Å²) in [5.41, 5.74) is 3.33. The van der Waals surface area contributed by atoms with Gasteiger partial charge in [-0.3, -0.25) is 9.78 Å². The van der Waals surface area contributed by atoms with Gasteiger partial charge in [0.1, 0.15) is 11.5 Å². The number of amides is 1. The number of pyridine rings is 1. The number of H-pyrrole nitrogens is 1. The van der Waals surface area contributed by atoms with Gasteiger partial charge in [-0.25, -0.2) is 0 Å². The summed E-state index contributed by atoms with van der Waals surface area (Å²) in [6.45, 7) is 3.49. The van der Waals surface area contributed by atoms with Gasteiger partial charge in [-0.1, -0.05) is 5.16 Å². The Kier molecular flexibility index (Phi) is 5.29. The van der Waals surface area contributed by atoms with Crippen molar-refractivity contribution in [3.05, 3.63) is 47.6 Å². The summed E-state index contributed by atoms with van der Waals surface area (Å²) in [7, 11) is 0. The van der Waals surface area contributed by atoms with E-state index in [4.69, 9.17) is 4.52 Å². The van der Waals surface area contributed by atoms with Gasteiger partial charge in [-0.05, 0) is 63.6 Å². The fraction of sp³-hybridized carbons (Fsp3) is 0.522. The van der Waals surface area contributed by atoms with Crippen molar-refractivity contribution in [1.82, 2.24) is 25.3 Å². The van der Waals surface area contributed by atoms with Gasteiger partial charge in [-0.2, -0.15) is 0 Å². The first kappa shape index (κ1) is 19.3. The molecule has 0 spiro atoms. The molecule has 2 aliphatic rings. The third-order valence-corrected chi connectivity index (χ3v) is 6.44. The Labute approximate surface area is 176 Å². The first-order chi connectivity index (χ1) is 14.7. The molecule has 2 unspecified atom stereocenters. The lowest BCUT2D eigenvalue weighted by molar-refractivity contribution is 0.0623. The Morgan fingerprint density at radius 2 is 2.20 bits per heavy atom. The van der Waals surface area contributed by atoms with Gasteiger partial charge < -0.3 is 19.7 Å². The van der Waals surface area contributed by atoms with E-state index in [1.807, 2.05) is 23.1 Å². The minimum Gasteiger partial charge on any atom is -0.361 e. The number of carbonyl (C=O) groups excluding carboxylic acids is 1. The van der Waals surface area contributed by atoms with Crippen molar-refractivity contribution in [2.24, 2.45) is 0 Å². The topological polar surface area (TPSA) is 87.0 Å². The molecular formula is C23H29N5O2. The number of hydrogen-bond donors (Lipinski definition) is 2. The Bertz CT molecular complexity index is 988. The van der Waals surface area contributed by atoms with Gasteiger partial charge >= 0.3 is 0 Å². The molecule has 2 atom stereocenters. The van der Waals surface area contributed by atoms with E-state index in [0.29, 0.717) is 24.2 Å². The van der Waals surface area contributed by atoms with Gasteiger partial charge in [0.25, 0.3) is 5.91 Å². The number of nitrogens with zero attached hydrogens (tertiary/aromatic N) is 3. The molecule has 30 heavy (non-hydrogen) atoms. The van der Waals surface area contributed by atoms with Crippen LogP contribution in [0.2, 0.25) is 0 Å². The van der Waals surface area contributed by atoms with E-state index >= 15 is 0 Å². The van der Waals surface area contributed by atoms with E-state index in [9.17, 15) is 4.79 Å². The first-order valence-electron chi connectivity index (χ1n) is 11.1. The van der Waals surface area contributed by atoms with Crippen LogP contribution in [0, 0.1) is 0 Å². The normalized spacial score (nSPS) is 21.8. The number of hydrogen-bond acceptors (Lipinski definition) is 5. The zero-order valence-electron chi connectivity index (χ0n) is 17.4. The smallest absolute Gasteiger partial charge is 0.270 e. The van der Waals surface area contributed by atoms with Gasteiger partial charge in [0.15, 0.2) is 0 Å². The third kappa shape index (κ3) is 3.99. The highest BCUT2D eigenvalue weighted by molar-refractivity contribution is 5.97. The molecule has 1 amide bonds. The number of rotatable bonds is 7. The lowest BCUT2D eigenvalue weighted by Crippen LogP contribution is -2.46. The van der Waals surface area contributed by atoms with Crippen LogP contribution in [0.3, 0.4) is 0 Å². The molecule has 0 saturated heterocycles. The number of carbonyl (C=O) groups is 1. The van der Waals surface area contributed by atoms with Crippen molar-refractivity contribution in [2.45, 2.75) is 70.0 Å². The molecule has 5 rings (SSSR count). The highest BCUT2D eigenvalue weighted by atomic mass is 16.5. The van der Waals surface area contributed by atoms with Crippen LogP contribution >= 0.6 is 0 Å². The molecule has 3 heterocycles. The van der Waals surface area contributed by atoms with Gasteiger partial charge in [0.05, 0.1) is 16.7 Å². The Balaban J connectivity index is 1.22. The van der Waals surface area contributed by atoms with E-state index < -0.39 is 0 Å². The van der Waals surface area contributed by atoms with Crippen LogP contribution in [0.4, 0.5) is 0 Å². The Morgan fingerprint density at radius 3 is 3.00 bits per heavy atom. The fourth-order valence-electron chi connectivity index (χ4n) is 4.65. The number of fused-ring (bicyclic) bond motifs is 1. The van der Waals surface area contributed by atoms with Crippen molar-refractivity contribution in [3.63, 3.8) is 0 Å². The second-order valence-electron chi connectivity index (χ2n) is 8.60. The number of aromatic nitrogens is 3. The fourth-order valence-corrected chi connectivity index (χ4v) is 4.65. The molecule has 7 heteroatoms. The standard InChI is InChI=1S/C23H29N5O2/c1-2-28(23(29)21-13-20-19(26-21)7-4-10-24-20)18-6-3-5-16(11-18)25-14-17-12-22(30-27-17)15-8-9-15/h4,7,10,12-13,15-16,18,25-26H,2-3,5-6,8-9,11,14H2,1H3. The second-order valence-corrected chi connectivity index (χ2v) is 8.60. The quantitative estimate of drug-likeness (QED) is 0.618. The predicted molar refractivity (Wildman–Crippen MR) is 114 cm³/mol. The maximum atomic E-state index is 13.2. The van der Waals surface area contributed by atoms with Crippen LogP contribution in [-0.2, 0) is 6.54 Å². The van der Waals surface area contributed by atoms with Gasteiger partial charge in [-0.15, -0.1) is 0 Å². The highest BCUT2D eigenvalue weighted by Gasteiger charge is 2.31. The van der Waals surface area contributed by atoms with Gasteiger partial charge in [0, 0.05) is 43.4 Å². The minimum absolute atomic E-state index is 0.0618. The zero-order chi connectivity index (χ0) is 20.5. The Hall–Kier alpha value is -2.67. The molecule has 0 radical (unpaired) electrons. The maximum Gasteiger partial charge on any atom is 0.270 e. The zero-order valence-corrected chi connectivity index (χ0v) is 17.4. The van der Waals surface area contributed by atoms with E-state index in [1.54, 1.807) is 6.20 Å². The molecule has 2 fully saturated rings. The molecule has 2 aliphatic carbocycles. The maximum absolute atomic E-state index is 13.2. The summed E-state index contributed by atoms with van der Waals surface area (Å²) >= 11 is 0. The lowest BCUT2D eigenvalue weighted by Gasteiger charge is -2.37. The molecular weight excluding hydrogens is 378 g/mol. The first-order valence-corrected chi connectivity index (χ1v) is 11.1. The Morgan fingerprint density at radius 1 is 1.30 bits per heavy atom. The van der Waals surface area contributed by atoms with E-state index in [1.165, 1.54) is 12.8 Å². The van der Waals surface area contributed by atoms with Crippen molar-refractivity contribution < 1.29 is 9.32 Å². The molecule has 2 N–H and O–H groups in total. The molecule has 0 aromatic carbocycles. The minimum atomic E-state index is 0.0618. The SMILES string of the molecule is CCN(C(=O)c1cc2ncccc2[nH]1)C1CCCC(NCc2cc(C3CC3)on2)C1. The second kappa shape index (κ2) is 8.22. The molecule has 2 saturated carbocycles. The van der Waals surface area contributed by atoms with E-state index in [0.717, 1.165) is 54.7 Å². The molecule has 3 aromatic heterocycles. The molecule has 0 aliphatic heterocycles. The predicted octanol–water partition coefficient (Wildman–Crippen LogP) is 3.99. The van der Waals surface area contributed by atoms with Crippen LogP contribution < -0.4 is 5.32 Å². The highest BCUT2D eigenvalue weighted by Crippen LogP contribution is 2.40. The summed E-state index contributed by atoms with van der Waals surface area (Å²) < 4.78 is 5.46.